The third-order valence-corrected chi connectivity index (χ3v) is 3.45. The van der Waals surface area contributed by atoms with Crippen LogP contribution in [0.15, 0.2) is 24.3 Å². The minimum Gasteiger partial charge on any atom is -0.399 e. The maximum absolute atomic E-state index is 5.98. The molecule has 2 nitrogen and oxygen atoms in total. The average Bonchev–Trinajstić information content (AvgIpc) is 2.28. The van der Waals surface area contributed by atoms with Gasteiger partial charge in [-0.2, -0.15) is 0 Å². The summed E-state index contributed by atoms with van der Waals surface area (Å²) in [4.78, 5) is 0. The van der Waals surface area contributed by atoms with Crippen molar-refractivity contribution in [3.63, 3.8) is 0 Å². The van der Waals surface area contributed by atoms with Crippen LogP contribution in [0.5, 0.6) is 0 Å². The number of nitrogens with two attached hydrogens (primary N) is 1. The molecular weight excluding hydrogens is 198 g/mol. The zero-order valence-electron chi connectivity index (χ0n) is 9.99. The molecule has 1 aliphatic carbocycles. The van der Waals surface area contributed by atoms with Gasteiger partial charge in [0.25, 0.3) is 0 Å². The smallest absolute Gasteiger partial charge is 0.0721 e. The Morgan fingerprint density at radius 1 is 1.31 bits per heavy atom. The van der Waals surface area contributed by atoms with E-state index in [4.69, 9.17) is 10.5 Å². The van der Waals surface area contributed by atoms with Crippen molar-refractivity contribution in [2.45, 2.75) is 45.3 Å². The average molecular weight is 219 g/mol. The van der Waals surface area contributed by atoms with Gasteiger partial charge in [0, 0.05) is 5.69 Å². The quantitative estimate of drug-likeness (QED) is 0.791. The van der Waals surface area contributed by atoms with E-state index in [-0.39, 0.29) is 0 Å². The van der Waals surface area contributed by atoms with Crippen LogP contribution >= 0.6 is 0 Å². The van der Waals surface area contributed by atoms with Crippen molar-refractivity contribution in [3.8, 4) is 0 Å². The van der Waals surface area contributed by atoms with Gasteiger partial charge in [-0.05, 0) is 36.5 Å². The molecule has 0 radical (unpaired) electrons. The molecule has 1 fully saturated rings. The molecule has 2 N–H and O–H groups in total. The highest BCUT2D eigenvalue weighted by molar-refractivity contribution is 5.40. The molecule has 2 unspecified atom stereocenters. The zero-order valence-corrected chi connectivity index (χ0v) is 9.99. The minimum absolute atomic E-state index is 0.440. The fourth-order valence-corrected chi connectivity index (χ4v) is 2.42. The fourth-order valence-electron chi connectivity index (χ4n) is 2.42. The number of nitrogen functional groups attached to an aromatic ring is 1. The van der Waals surface area contributed by atoms with E-state index >= 15 is 0 Å². The van der Waals surface area contributed by atoms with Gasteiger partial charge in [-0.15, -0.1) is 0 Å². The van der Waals surface area contributed by atoms with Crippen molar-refractivity contribution < 1.29 is 4.74 Å². The van der Waals surface area contributed by atoms with Gasteiger partial charge >= 0.3 is 0 Å². The SMILES string of the molecule is CC1CCCCC1OCc1cccc(N)c1. The molecule has 16 heavy (non-hydrogen) atoms. The second-order valence-electron chi connectivity index (χ2n) is 4.86. The molecule has 2 rings (SSSR count). The molecule has 1 saturated carbocycles. The van der Waals surface area contributed by atoms with Crippen molar-refractivity contribution in [2.24, 2.45) is 5.92 Å². The Balaban J connectivity index is 1.86. The number of benzene rings is 1. The summed E-state index contributed by atoms with van der Waals surface area (Å²) in [5.41, 5.74) is 7.73. The van der Waals surface area contributed by atoms with Crippen LogP contribution in [0.3, 0.4) is 0 Å². The Kier molecular flexibility index (Phi) is 3.83. The molecule has 0 amide bonds. The van der Waals surface area contributed by atoms with Gasteiger partial charge in [-0.3, -0.25) is 0 Å². The summed E-state index contributed by atoms with van der Waals surface area (Å²) in [6, 6.07) is 7.96. The van der Waals surface area contributed by atoms with E-state index in [2.05, 4.69) is 13.0 Å². The first-order valence-corrected chi connectivity index (χ1v) is 6.22. The van der Waals surface area contributed by atoms with Gasteiger partial charge in [-0.1, -0.05) is 31.9 Å². The standard InChI is InChI=1S/C14H21NO/c1-11-5-2-3-8-14(11)16-10-12-6-4-7-13(15)9-12/h4,6-7,9,11,14H,2-3,5,8,10,15H2,1H3. The van der Waals surface area contributed by atoms with Crippen LogP contribution in [0, 0.1) is 5.92 Å². The molecule has 0 aromatic heterocycles. The van der Waals surface area contributed by atoms with Crippen LogP contribution in [0.1, 0.15) is 38.2 Å². The summed E-state index contributed by atoms with van der Waals surface area (Å²) in [7, 11) is 0. The van der Waals surface area contributed by atoms with Gasteiger partial charge in [0.1, 0.15) is 0 Å². The summed E-state index contributed by atoms with van der Waals surface area (Å²) >= 11 is 0. The van der Waals surface area contributed by atoms with Crippen LogP contribution in [0.4, 0.5) is 5.69 Å². The Morgan fingerprint density at radius 3 is 2.88 bits per heavy atom. The summed E-state index contributed by atoms with van der Waals surface area (Å²) < 4.78 is 5.98. The predicted molar refractivity (Wildman–Crippen MR) is 67.1 cm³/mol. The molecule has 1 aromatic rings. The maximum atomic E-state index is 5.98. The lowest BCUT2D eigenvalue weighted by Crippen LogP contribution is -2.25. The molecule has 0 spiro atoms. The molecule has 2 heteroatoms. The normalized spacial score (nSPS) is 25.6. The number of ether oxygens (including phenoxy) is 1. The monoisotopic (exact) mass is 219 g/mol. The molecule has 88 valence electrons. The molecular formula is C14H21NO. The van der Waals surface area contributed by atoms with E-state index in [1.54, 1.807) is 0 Å². The van der Waals surface area contributed by atoms with Crippen molar-refractivity contribution in [1.82, 2.24) is 0 Å². The summed E-state index contributed by atoms with van der Waals surface area (Å²) in [5.74, 6) is 0.704. The molecule has 0 saturated heterocycles. The lowest BCUT2D eigenvalue weighted by Gasteiger charge is -2.28. The van der Waals surface area contributed by atoms with Gasteiger partial charge in [0.15, 0.2) is 0 Å². The molecule has 1 aliphatic rings. The second kappa shape index (κ2) is 5.35. The second-order valence-corrected chi connectivity index (χ2v) is 4.86. The van der Waals surface area contributed by atoms with E-state index in [0.717, 1.165) is 5.69 Å². The topological polar surface area (TPSA) is 35.2 Å². The minimum atomic E-state index is 0.440. The number of hydrogen-bond acceptors (Lipinski definition) is 2. The van der Waals surface area contributed by atoms with Gasteiger partial charge in [-0.25, -0.2) is 0 Å². The molecule has 0 heterocycles. The van der Waals surface area contributed by atoms with E-state index in [0.29, 0.717) is 18.6 Å². The summed E-state index contributed by atoms with van der Waals surface area (Å²) in [6.45, 7) is 2.99. The van der Waals surface area contributed by atoms with Crippen molar-refractivity contribution in [1.29, 1.82) is 0 Å². The van der Waals surface area contributed by atoms with Crippen molar-refractivity contribution in [3.05, 3.63) is 29.8 Å². The Bertz CT molecular complexity index is 337. The van der Waals surface area contributed by atoms with E-state index < -0.39 is 0 Å². The predicted octanol–water partition coefficient (Wildman–Crippen LogP) is 3.36. The van der Waals surface area contributed by atoms with Crippen LogP contribution < -0.4 is 5.73 Å². The molecule has 2 atom stereocenters. The fraction of sp³-hybridized carbons (Fsp3) is 0.571. The number of anilines is 1. The van der Waals surface area contributed by atoms with Gasteiger partial charge in [0.05, 0.1) is 12.7 Å². The van der Waals surface area contributed by atoms with Crippen LogP contribution in [0.25, 0.3) is 0 Å². The summed E-state index contributed by atoms with van der Waals surface area (Å²) in [6.07, 6.45) is 5.63. The van der Waals surface area contributed by atoms with Crippen LogP contribution in [0.2, 0.25) is 0 Å². The Labute approximate surface area is 97.8 Å². The molecule has 0 bridgehead atoms. The Hall–Kier alpha value is -1.02. The first-order chi connectivity index (χ1) is 7.75. The summed E-state index contributed by atoms with van der Waals surface area (Å²) in [5, 5.41) is 0. The van der Waals surface area contributed by atoms with E-state index in [1.165, 1.54) is 31.2 Å². The van der Waals surface area contributed by atoms with Gasteiger partial charge in [0.2, 0.25) is 0 Å². The highest BCUT2D eigenvalue weighted by Gasteiger charge is 2.21. The van der Waals surface area contributed by atoms with E-state index in [1.807, 2.05) is 18.2 Å². The molecule has 1 aromatic carbocycles. The first-order valence-electron chi connectivity index (χ1n) is 6.22. The lowest BCUT2D eigenvalue weighted by atomic mass is 9.88. The lowest BCUT2D eigenvalue weighted by molar-refractivity contribution is -0.0154. The zero-order chi connectivity index (χ0) is 11.4. The highest BCUT2D eigenvalue weighted by atomic mass is 16.5. The van der Waals surface area contributed by atoms with Crippen molar-refractivity contribution in [2.75, 3.05) is 5.73 Å². The largest absolute Gasteiger partial charge is 0.399 e. The maximum Gasteiger partial charge on any atom is 0.0721 e. The number of hydrogen-bond donors (Lipinski definition) is 1. The van der Waals surface area contributed by atoms with Crippen LogP contribution in [-0.4, -0.2) is 6.10 Å². The Morgan fingerprint density at radius 2 is 2.12 bits per heavy atom. The third-order valence-electron chi connectivity index (χ3n) is 3.45. The van der Waals surface area contributed by atoms with Gasteiger partial charge < -0.3 is 10.5 Å². The van der Waals surface area contributed by atoms with E-state index in [9.17, 15) is 0 Å². The van der Waals surface area contributed by atoms with Crippen molar-refractivity contribution >= 4 is 5.69 Å². The molecule has 0 aliphatic heterocycles. The number of rotatable bonds is 3. The third kappa shape index (κ3) is 2.99. The first kappa shape index (κ1) is 11.5. The van der Waals surface area contributed by atoms with Crippen LogP contribution in [-0.2, 0) is 11.3 Å². The highest BCUT2D eigenvalue weighted by Crippen LogP contribution is 2.27.